The SMILES string of the molecule is CC(=O)c1c(O)c(O)n(-c2ccc3nc[nH]c3c2)c1-c1ccc2nonc2c1. The fourth-order valence-corrected chi connectivity index (χ4v) is 3.40. The van der Waals surface area contributed by atoms with E-state index in [1.165, 1.54) is 11.5 Å². The first-order chi connectivity index (χ1) is 13.5. The van der Waals surface area contributed by atoms with Crippen LogP contribution in [-0.2, 0) is 0 Å². The Hall–Kier alpha value is -4.14. The molecule has 0 atom stereocenters. The number of fused-ring (bicyclic) bond motifs is 2. The predicted molar refractivity (Wildman–Crippen MR) is 99.6 cm³/mol. The molecule has 0 radical (unpaired) electrons. The maximum atomic E-state index is 12.3. The zero-order valence-electron chi connectivity index (χ0n) is 14.5. The molecule has 9 heteroatoms. The summed E-state index contributed by atoms with van der Waals surface area (Å²) in [6.45, 7) is 1.33. The van der Waals surface area contributed by atoms with Gasteiger partial charge in [0.15, 0.2) is 11.5 Å². The highest BCUT2D eigenvalue weighted by Crippen LogP contribution is 2.43. The van der Waals surface area contributed by atoms with E-state index in [0.717, 1.165) is 11.0 Å². The second-order valence-corrected chi connectivity index (χ2v) is 6.36. The summed E-state index contributed by atoms with van der Waals surface area (Å²) >= 11 is 0. The van der Waals surface area contributed by atoms with Crippen LogP contribution in [0.4, 0.5) is 0 Å². The van der Waals surface area contributed by atoms with Crippen molar-refractivity contribution in [3.63, 3.8) is 0 Å². The van der Waals surface area contributed by atoms with Gasteiger partial charge in [-0.1, -0.05) is 6.07 Å². The Morgan fingerprint density at radius 3 is 2.68 bits per heavy atom. The molecule has 3 heterocycles. The number of hydrogen-bond acceptors (Lipinski definition) is 7. The molecule has 0 amide bonds. The fourth-order valence-electron chi connectivity index (χ4n) is 3.40. The van der Waals surface area contributed by atoms with Gasteiger partial charge in [0.25, 0.3) is 0 Å². The molecule has 2 aromatic carbocycles. The Kier molecular flexibility index (Phi) is 3.26. The summed E-state index contributed by atoms with van der Waals surface area (Å²) < 4.78 is 6.15. The molecular formula is C19H13N5O4. The second-order valence-electron chi connectivity index (χ2n) is 6.36. The van der Waals surface area contributed by atoms with Crippen molar-refractivity contribution in [2.45, 2.75) is 6.92 Å². The fraction of sp³-hybridized carbons (Fsp3) is 0.0526. The molecule has 5 rings (SSSR count). The topological polar surface area (TPSA) is 130 Å². The van der Waals surface area contributed by atoms with Gasteiger partial charge in [-0.05, 0) is 47.6 Å². The molecule has 0 aliphatic carbocycles. The molecule has 0 saturated carbocycles. The third-order valence-corrected chi connectivity index (χ3v) is 4.66. The summed E-state index contributed by atoms with van der Waals surface area (Å²) in [4.78, 5) is 19.5. The third kappa shape index (κ3) is 2.19. The molecule has 0 bridgehead atoms. The minimum atomic E-state index is -0.481. The van der Waals surface area contributed by atoms with Crippen LogP contribution in [0.25, 0.3) is 39.0 Å². The van der Waals surface area contributed by atoms with Gasteiger partial charge in [0.2, 0.25) is 5.88 Å². The Labute approximate surface area is 156 Å². The number of aromatic amines is 1. The summed E-state index contributed by atoms with van der Waals surface area (Å²) in [6, 6.07) is 10.4. The van der Waals surface area contributed by atoms with E-state index < -0.39 is 11.6 Å². The number of benzene rings is 2. The van der Waals surface area contributed by atoms with Gasteiger partial charge in [-0.15, -0.1) is 0 Å². The second kappa shape index (κ2) is 5.68. The number of Topliss-reactive ketones (excluding diaryl/α,β-unsaturated/α-hetero) is 1. The summed E-state index contributed by atoms with van der Waals surface area (Å²) in [5.74, 6) is -1.30. The molecular weight excluding hydrogens is 362 g/mol. The number of carbonyl (C=O) groups is 1. The number of imidazole rings is 1. The molecule has 5 aromatic rings. The van der Waals surface area contributed by atoms with Crippen molar-refractivity contribution in [1.29, 1.82) is 0 Å². The van der Waals surface area contributed by atoms with Crippen LogP contribution >= 0.6 is 0 Å². The van der Waals surface area contributed by atoms with Crippen molar-refractivity contribution < 1.29 is 19.6 Å². The van der Waals surface area contributed by atoms with E-state index in [-0.39, 0.29) is 11.3 Å². The number of nitrogens with one attached hydrogen (secondary N) is 1. The molecule has 9 nitrogen and oxygen atoms in total. The minimum Gasteiger partial charge on any atom is -0.503 e. The van der Waals surface area contributed by atoms with E-state index in [9.17, 15) is 15.0 Å². The maximum Gasteiger partial charge on any atom is 0.240 e. The van der Waals surface area contributed by atoms with E-state index in [1.807, 2.05) is 0 Å². The quantitative estimate of drug-likeness (QED) is 0.413. The van der Waals surface area contributed by atoms with Crippen molar-refractivity contribution >= 4 is 27.9 Å². The number of rotatable bonds is 3. The predicted octanol–water partition coefficient (Wildman–Crippen LogP) is 3.17. The van der Waals surface area contributed by atoms with Crippen molar-refractivity contribution in [2.24, 2.45) is 0 Å². The van der Waals surface area contributed by atoms with Crippen molar-refractivity contribution in [1.82, 2.24) is 24.8 Å². The van der Waals surface area contributed by atoms with Gasteiger partial charge >= 0.3 is 0 Å². The highest BCUT2D eigenvalue weighted by atomic mass is 16.6. The molecule has 3 aromatic heterocycles. The van der Waals surface area contributed by atoms with Gasteiger partial charge in [0.1, 0.15) is 11.0 Å². The Bertz CT molecular complexity index is 1380. The summed E-state index contributed by atoms with van der Waals surface area (Å²) in [5.41, 5.74) is 4.00. The molecule has 138 valence electrons. The van der Waals surface area contributed by atoms with Crippen LogP contribution in [0.2, 0.25) is 0 Å². The lowest BCUT2D eigenvalue weighted by Crippen LogP contribution is -2.00. The average Bonchev–Trinajstić information content (AvgIpc) is 3.39. The summed E-state index contributed by atoms with van der Waals surface area (Å²) in [5, 5.41) is 28.7. The van der Waals surface area contributed by atoms with Gasteiger partial charge in [-0.25, -0.2) is 9.61 Å². The molecule has 0 fully saturated rings. The van der Waals surface area contributed by atoms with Gasteiger partial charge in [-0.2, -0.15) is 0 Å². The molecule has 0 saturated heterocycles. The molecule has 3 N–H and O–H groups in total. The lowest BCUT2D eigenvalue weighted by atomic mass is 10.0. The summed E-state index contributed by atoms with van der Waals surface area (Å²) in [7, 11) is 0. The smallest absolute Gasteiger partial charge is 0.240 e. The number of carbonyl (C=O) groups excluding carboxylic acids is 1. The first kappa shape index (κ1) is 16.1. The number of aromatic nitrogens is 5. The maximum absolute atomic E-state index is 12.3. The lowest BCUT2D eigenvalue weighted by molar-refractivity contribution is 0.101. The largest absolute Gasteiger partial charge is 0.503 e. The highest BCUT2D eigenvalue weighted by molar-refractivity contribution is 6.05. The standard InChI is InChI=1S/C19H13N5O4/c1-9(25)16-17(10-2-4-13-15(6-10)23-28-22-13)24(19(27)18(16)26)11-3-5-12-14(7-11)21-8-20-12/h2-8,26-27H,1H3,(H,20,21). The Morgan fingerprint density at radius 2 is 1.86 bits per heavy atom. The van der Waals surface area contributed by atoms with Crippen molar-refractivity contribution in [3.8, 4) is 28.6 Å². The number of H-pyrrole nitrogens is 1. The summed E-state index contributed by atoms with van der Waals surface area (Å²) in [6.07, 6.45) is 1.56. The van der Waals surface area contributed by atoms with Crippen LogP contribution in [0.3, 0.4) is 0 Å². The van der Waals surface area contributed by atoms with E-state index >= 15 is 0 Å². The van der Waals surface area contributed by atoms with Crippen molar-refractivity contribution in [2.75, 3.05) is 0 Å². The van der Waals surface area contributed by atoms with E-state index in [4.69, 9.17) is 4.63 Å². The molecule has 0 aliphatic rings. The zero-order chi connectivity index (χ0) is 19.4. The van der Waals surface area contributed by atoms with Gasteiger partial charge < -0.3 is 15.2 Å². The minimum absolute atomic E-state index is 0.0120. The van der Waals surface area contributed by atoms with Crippen molar-refractivity contribution in [3.05, 3.63) is 48.3 Å². The number of nitrogens with zero attached hydrogens (tertiary/aromatic N) is 4. The normalized spacial score (nSPS) is 11.5. The van der Waals surface area contributed by atoms with Crippen LogP contribution in [0.15, 0.2) is 47.4 Å². The van der Waals surface area contributed by atoms with E-state index in [0.29, 0.717) is 28.0 Å². The first-order valence-electron chi connectivity index (χ1n) is 8.38. The number of ketones is 1. The monoisotopic (exact) mass is 375 g/mol. The molecule has 28 heavy (non-hydrogen) atoms. The van der Waals surface area contributed by atoms with Gasteiger partial charge in [0.05, 0.1) is 34.3 Å². The van der Waals surface area contributed by atoms with Crippen LogP contribution in [0.5, 0.6) is 11.6 Å². The van der Waals surface area contributed by atoms with Crippen LogP contribution in [0, 0.1) is 0 Å². The van der Waals surface area contributed by atoms with Crippen LogP contribution in [-0.4, -0.2) is 40.8 Å². The van der Waals surface area contributed by atoms with Gasteiger partial charge in [-0.3, -0.25) is 9.36 Å². The molecule has 0 unspecified atom stereocenters. The van der Waals surface area contributed by atoms with Crippen LogP contribution < -0.4 is 0 Å². The third-order valence-electron chi connectivity index (χ3n) is 4.66. The number of hydrogen-bond donors (Lipinski definition) is 3. The first-order valence-corrected chi connectivity index (χ1v) is 8.38. The van der Waals surface area contributed by atoms with E-state index in [1.54, 1.807) is 42.7 Å². The lowest BCUT2D eigenvalue weighted by Gasteiger charge is -2.11. The average molecular weight is 375 g/mol. The van der Waals surface area contributed by atoms with E-state index in [2.05, 4.69) is 20.3 Å². The zero-order valence-corrected chi connectivity index (χ0v) is 14.5. The molecule has 0 spiro atoms. The van der Waals surface area contributed by atoms with Crippen LogP contribution in [0.1, 0.15) is 17.3 Å². The number of aromatic hydroxyl groups is 2. The Morgan fingerprint density at radius 1 is 1.07 bits per heavy atom. The molecule has 0 aliphatic heterocycles. The Balaban J connectivity index is 1.85. The van der Waals surface area contributed by atoms with Gasteiger partial charge in [0, 0.05) is 5.56 Å². The highest BCUT2D eigenvalue weighted by Gasteiger charge is 2.27.